The highest BCUT2D eigenvalue weighted by Crippen LogP contribution is 2.19. The first kappa shape index (κ1) is 22.7. The highest BCUT2D eigenvalue weighted by Gasteiger charge is 2.25. The SMILES string of the molecule is Cc1ccc(S(=O)(=O)NCC2CCCN(C(=O)COCc3ccccc3Cl)C2)cc1. The lowest BCUT2D eigenvalue weighted by molar-refractivity contribution is -0.138. The minimum absolute atomic E-state index is 0.0208. The molecule has 2 aromatic rings. The summed E-state index contributed by atoms with van der Waals surface area (Å²) < 4.78 is 33.2. The molecule has 2 aromatic carbocycles. The Labute approximate surface area is 183 Å². The van der Waals surface area contributed by atoms with Gasteiger partial charge < -0.3 is 9.64 Å². The molecule has 162 valence electrons. The Morgan fingerprint density at radius 3 is 2.67 bits per heavy atom. The molecule has 3 rings (SSSR count). The fourth-order valence-corrected chi connectivity index (χ4v) is 4.75. The van der Waals surface area contributed by atoms with Crippen molar-refractivity contribution in [1.82, 2.24) is 9.62 Å². The fraction of sp³-hybridized carbons (Fsp3) is 0.409. The van der Waals surface area contributed by atoms with Crippen molar-refractivity contribution < 1.29 is 17.9 Å². The van der Waals surface area contributed by atoms with E-state index in [4.69, 9.17) is 16.3 Å². The largest absolute Gasteiger partial charge is 0.367 e. The first-order valence-corrected chi connectivity index (χ1v) is 11.9. The van der Waals surface area contributed by atoms with Crippen molar-refractivity contribution in [2.24, 2.45) is 5.92 Å². The van der Waals surface area contributed by atoms with Gasteiger partial charge in [0.1, 0.15) is 6.61 Å². The number of nitrogens with one attached hydrogen (secondary N) is 1. The second-order valence-electron chi connectivity index (χ2n) is 7.60. The summed E-state index contributed by atoms with van der Waals surface area (Å²) in [5, 5.41) is 0.615. The fourth-order valence-electron chi connectivity index (χ4n) is 3.44. The van der Waals surface area contributed by atoms with E-state index in [1.54, 1.807) is 35.2 Å². The Hall–Kier alpha value is -1.93. The quantitative estimate of drug-likeness (QED) is 0.668. The molecule has 1 heterocycles. The van der Waals surface area contributed by atoms with Gasteiger partial charge in [-0.3, -0.25) is 4.79 Å². The van der Waals surface area contributed by atoms with Crippen molar-refractivity contribution in [1.29, 1.82) is 0 Å². The molecule has 8 heteroatoms. The van der Waals surface area contributed by atoms with E-state index in [0.29, 0.717) is 24.7 Å². The van der Waals surface area contributed by atoms with Crippen molar-refractivity contribution in [3.8, 4) is 0 Å². The standard InChI is InChI=1S/C22H27ClN2O4S/c1-17-8-10-20(11-9-17)30(27,28)24-13-18-5-4-12-25(14-18)22(26)16-29-15-19-6-2-3-7-21(19)23/h2-3,6-11,18,24H,4-5,12-16H2,1H3. The van der Waals surface area contributed by atoms with Crippen LogP contribution in [0.4, 0.5) is 0 Å². The smallest absolute Gasteiger partial charge is 0.248 e. The lowest BCUT2D eigenvalue weighted by atomic mass is 9.98. The number of benzene rings is 2. The van der Waals surface area contributed by atoms with E-state index in [2.05, 4.69) is 4.72 Å². The molecule has 0 saturated carbocycles. The minimum Gasteiger partial charge on any atom is -0.367 e. The van der Waals surface area contributed by atoms with Gasteiger partial charge in [-0.15, -0.1) is 0 Å². The van der Waals surface area contributed by atoms with E-state index >= 15 is 0 Å². The Morgan fingerprint density at radius 2 is 1.93 bits per heavy atom. The number of sulfonamides is 1. The number of amides is 1. The molecule has 0 aromatic heterocycles. The molecular formula is C22H27ClN2O4S. The molecular weight excluding hydrogens is 424 g/mol. The van der Waals surface area contributed by atoms with Crippen molar-refractivity contribution >= 4 is 27.5 Å². The van der Waals surface area contributed by atoms with Gasteiger partial charge in [-0.2, -0.15) is 0 Å². The van der Waals surface area contributed by atoms with E-state index in [1.165, 1.54) is 0 Å². The van der Waals surface area contributed by atoms with Crippen molar-refractivity contribution in [2.45, 2.75) is 31.3 Å². The Morgan fingerprint density at radius 1 is 1.20 bits per heavy atom. The Bertz CT molecular complexity index is 963. The highest BCUT2D eigenvalue weighted by molar-refractivity contribution is 7.89. The minimum atomic E-state index is -3.55. The summed E-state index contributed by atoms with van der Waals surface area (Å²) in [7, 11) is -3.55. The molecule has 1 aliphatic rings. The van der Waals surface area contributed by atoms with Gasteiger partial charge in [0, 0.05) is 24.7 Å². The van der Waals surface area contributed by atoms with Gasteiger partial charge in [-0.05, 0) is 49.4 Å². The molecule has 30 heavy (non-hydrogen) atoms. The average molecular weight is 451 g/mol. The molecule has 1 fully saturated rings. The van der Waals surface area contributed by atoms with E-state index < -0.39 is 10.0 Å². The molecule has 0 spiro atoms. The lowest BCUT2D eigenvalue weighted by Gasteiger charge is -2.32. The number of hydrogen-bond acceptors (Lipinski definition) is 4. The molecule has 1 saturated heterocycles. The predicted octanol–water partition coefficient (Wildman–Crippen LogP) is 3.38. The second kappa shape index (κ2) is 10.4. The molecule has 6 nitrogen and oxygen atoms in total. The number of nitrogens with zero attached hydrogens (tertiary/aromatic N) is 1. The topological polar surface area (TPSA) is 75.7 Å². The number of carbonyl (C=O) groups excluding carboxylic acids is 1. The maximum absolute atomic E-state index is 12.5. The van der Waals surface area contributed by atoms with Gasteiger partial charge in [0.15, 0.2) is 0 Å². The molecule has 1 N–H and O–H groups in total. The highest BCUT2D eigenvalue weighted by atomic mass is 35.5. The van der Waals surface area contributed by atoms with Crippen LogP contribution >= 0.6 is 11.6 Å². The van der Waals surface area contributed by atoms with Crippen LogP contribution in [-0.2, 0) is 26.2 Å². The Balaban J connectivity index is 1.47. The number of halogens is 1. The maximum atomic E-state index is 12.5. The van der Waals surface area contributed by atoms with Crippen LogP contribution in [0, 0.1) is 12.8 Å². The van der Waals surface area contributed by atoms with Gasteiger partial charge in [0.2, 0.25) is 15.9 Å². The molecule has 1 atom stereocenters. The van der Waals surface area contributed by atoms with Gasteiger partial charge in [-0.1, -0.05) is 47.5 Å². The van der Waals surface area contributed by atoms with Crippen LogP contribution in [0.5, 0.6) is 0 Å². The van der Waals surface area contributed by atoms with Gasteiger partial charge >= 0.3 is 0 Å². The van der Waals surface area contributed by atoms with E-state index in [-0.39, 0.29) is 29.9 Å². The van der Waals surface area contributed by atoms with Crippen LogP contribution in [0.15, 0.2) is 53.4 Å². The summed E-state index contributed by atoms with van der Waals surface area (Å²) in [5.74, 6) is -0.0142. The molecule has 0 bridgehead atoms. The molecule has 0 aliphatic carbocycles. The van der Waals surface area contributed by atoms with Crippen LogP contribution in [0.1, 0.15) is 24.0 Å². The van der Waals surface area contributed by atoms with Gasteiger partial charge in [-0.25, -0.2) is 13.1 Å². The maximum Gasteiger partial charge on any atom is 0.248 e. The number of piperidine rings is 1. The average Bonchev–Trinajstić information content (AvgIpc) is 2.74. The van der Waals surface area contributed by atoms with Crippen LogP contribution < -0.4 is 4.72 Å². The van der Waals surface area contributed by atoms with Crippen molar-refractivity contribution in [3.63, 3.8) is 0 Å². The summed E-state index contributed by atoms with van der Waals surface area (Å²) in [5.41, 5.74) is 1.85. The zero-order valence-electron chi connectivity index (χ0n) is 17.0. The second-order valence-corrected chi connectivity index (χ2v) is 9.77. The third-order valence-electron chi connectivity index (χ3n) is 5.21. The van der Waals surface area contributed by atoms with Crippen LogP contribution in [0.2, 0.25) is 5.02 Å². The monoisotopic (exact) mass is 450 g/mol. The number of rotatable bonds is 8. The summed E-state index contributed by atoms with van der Waals surface area (Å²) in [6.45, 7) is 3.66. The van der Waals surface area contributed by atoms with Crippen molar-refractivity contribution in [3.05, 3.63) is 64.7 Å². The lowest BCUT2D eigenvalue weighted by Crippen LogP contribution is -2.44. The molecule has 1 unspecified atom stereocenters. The molecule has 1 amide bonds. The zero-order valence-corrected chi connectivity index (χ0v) is 18.6. The summed E-state index contributed by atoms with van der Waals surface area (Å²) in [6.07, 6.45) is 1.72. The number of hydrogen-bond donors (Lipinski definition) is 1. The van der Waals surface area contributed by atoms with Crippen LogP contribution in [0.3, 0.4) is 0 Å². The molecule has 0 radical (unpaired) electrons. The summed E-state index contributed by atoms with van der Waals surface area (Å²) >= 11 is 6.10. The van der Waals surface area contributed by atoms with E-state index in [9.17, 15) is 13.2 Å². The first-order chi connectivity index (χ1) is 14.3. The van der Waals surface area contributed by atoms with E-state index in [1.807, 2.05) is 25.1 Å². The van der Waals surface area contributed by atoms with E-state index in [0.717, 1.165) is 24.0 Å². The van der Waals surface area contributed by atoms with Gasteiger partial charge in [0.25, 0.3) is 0 Å². The number of likely N-dealkylation sites (tertiary alicyclic amines) is 1. The number of ether oxygens (including phenoxy) is 1. The predicted molar refractivity (Wildman–Crippen MR) is 117 cm³/mol. The van der Waals surface area contributed by atoms with Gasteiger partial charge in [0.05, 0.1) is 11.5 Å². The number of aryl methyl sites for hydroxylation is 1. The normalized spacial score (nSPS) is 17.1. The Kier molecular flexibility index (Phi) is 7.88. The van der Waals surface area contributed by atoms with Crippen LogP contribution in [0.25, 0.3) is 0 Å². The molecule has 1 aliphatic heterocycles. The number of carbonyl (C=O) groups is 1. The summed E-state index contributed by atoms with van der Waals surface area (Å²) in [4.78, 5) is 14.5. The third-order valence-corrected chi connectivity index (χ3v) is 7.01. The van der Waals surface area contributed by atoms with Crippen molar-refractivity contribution in [2.75, 3.05) is 26.2 Å². The van der Waals surface area contributed by atoms with Crippen LogP contribution in [-0.4, -0.2) is 45.5 Å². The summed E-state index contributed by atoms with van der Waals surface area (Å²) in [6, 6.07) is 14.1. The third kappa shape index (κ3) is 6.28. The first-order valence-electron chi connectivity index (χ1n) is 10.0. The zero-order chi connectivity index (χ0) is 21.6.